The Bertz CT molecular complexity index is 1270. The number of nitrogens with zero attached hydrogens (tertiary/aromatic N) is 5. The second-order valence-electron chi connectivity index (χ2n) is 7.77. The van der Waals surface area contributed by atoms with Gasteiger partial charge in [-0.25, -0.2) is 4.98 Å². The fourth-order valence-corrected chi connectivity index (χ4v) is 3.88. The van der Waals surface area contributed by atoms with Crippen LogP contribution in [0.5, 0.6) is 5.75 Å². The second-order valence-corrected chi connectivity index (χ2v) is 7.77. The Hall–Kier alpha value is -4.09. The number of hydrogen-bond acceptors (Lipinski definition) is 7. The summed E-state index contributed by atoms with van der Waals surface area (Å²) in [5.74, 6) is 2.79. The standard InChI is InChI=1S/C25H23N5O3/c1-29(24-7-11-28-30(24)25-3-2-12-32-25)23-16-19(6-10-27-23)18-4-5-22(20(15-18)17-26)33-21-8-13-31-14-9-21/h2-7,10-12,15-16,21H,8-9,13-14H2,1H3. The lowest BCUT2D eigenvalue weighted by Crippen LogP contribution is -2.26. The molecule has 4 heterocycles. The molecule has 4 aromatic rings. The maximum atomic E-state index is 9.71. The molecule has 0 radical (unpaired) electrons. The van der Waals surface area contributed by atoms with Gasteiger partial charge < -0.3 is 18.8 Å². The minimum atomic E-state index is 0.0805. The molecule has 0 saturated carbocycles. The molecule has 5 rings (SSSR count). The van der Waals surface area contributed by atoms with E-state index in [0.29, 0.717) is 30.4 Å². The normalized spacial score (nSPS) is 14.1. The van der Waals surface area contributed by atoms with Crippen molar-refractivity contribution >= 4 is 11.6 Å². The summed E-state index contributed by atoms with van der Waals surface area (Å²) >= 11 is 0. The Kier molecular flexibility index (Phi) is 5.79. The smallest absolute Gasteiger partial charge is 0.221 e. The molecule has 0 amide bonds. The number of rotatable bonds is 6. The van der Waals surface area contributed by atoms with Gasteiger partial charge in [0.1, 0.15) is 29.6 Å². The van der Waals surface area contributed by atoms with Crippen LogP contribution < -0.4 is 9.64 Å². The number of nitriles is 1. The largest absolute Gasteiger partial charge is 0.489 e. The first-order valence-electron chi connectivity index (χ1n) is 10.8. The van der Waals surface area contributed by atoms with E-state index >= 15 is 0 Å². The average Bonchev–Trinajstić information content (AvgIpc) is 3.57. The predicted molar refractivity (Wildman–Crippen MR) is 123 cm³/mol. The third-order valence-corrected chi connectivity index (χ3v) is 5.67. The van der Waals surface area contributed by atoms with Gasteiger partial charge in [-0.3, -0.25) is 0 Å². The number of pyridine rings is 1. The van der Waals surface area contributed by atoms with E-state index in [1.807, 2.05) is 60.5 Å². The Labute approximate surface area is 191 Å². The fraction of sp³-hybridized carbons (Fsp3) is 0.240. The summed E-state index contributed by atoms with van der Waals surface area (Å²) in [5.41, 5.74) is 2.38. The summed E-state index contributed by atoms with van der Waals surface area (Å²) in [6.07, 6.45) is 6.84. The quantitative estimate of drug-likeness (QED) is 0.427. The van der Waals surface area contributed by atoms with Crippen LogP contribution in [0.1, 0.15) is 18.4 Å². The Morgan fingerprint density at radius 1 is 1.09 bits per heavy atom. The number of anilines is 2. The molecule has 1 aliphatic heterocycles. The molecule has 1 aliphatic rings. The third kappa shape index (κ3) is 4.31. The first kappa shape index (κ1) is 20.8. The average molecular weight is 441 g/mol. The van der Waals surface area contributed by atoms with Crippen LogP contribution in [0.25, 0.3) is 17.0 Å². The molecule has 0 unspecified atom stereocenters. The molecule has 0 N–H and O–H groups in total. The van der Waals surface area contributed by atoms with Crippen molar-refractivity contribution in [3.8, 4) is 28.8 Å². The van der Waals surface area contributed by atoms with Crippen LogP contribution in [0.2, 0.25) is 0 Å². The van der Waals surface area contributed by atoms with Crippen LogP contribution in [0.4, 0.5) is 11.6 Å². The molecule has 33 heavy (non-hydrogen) atoms. The Balaban J connectivity index is 1.41. The van der Waals surface area contributed by atoms with Gasteiger partial charge >= 0.3 is 0 Å². The van der Waals surface area contributed by atoms with Gasteiger partial charge in [0.15, 0.2) is 0 Å². The molecule has 0 atom stereocenters. The zero-order chi connectivity index (χ0) is 22.6. The number of hydrogen-bond donors (Lipinski definition) is 0. The SMILES string of the molecule is CN(c1cc(-c2ccc(OC3CCOCC3)c(C#N)c2)ccn1)c1ccnn1-c1ccco1. The molecule has 1 fully saturated rings. The molecular formula is C25H23N5O3. The number of furan rings is 1. The zero-order valence-electron chi connectivity index (χ0n) is 18.2. The van der Waals surface area contributed by atoms with Crippen molar-refractivity contribution in [2.75, 3.05) is 25.2 Å². The van der Waals surface area contributed by atoms with Crippen LogP contribution in [0.3, 0.4) is 0 Å². The highest BCUT2D eigenvalue weighted by molar-refractivity contribution is 5.71. The summed E-state index contributed by atoms with van der Waals surface area (Å²) in [7, 11) is 1.92. The zero-order valence-corrected chi connectivity index (χ0v) is 18.2. The van der Waals surface area contributed by atoms with Crippen LogP contribution >= 0.6 is 0 Å². The van der Waals surface area contributed by atoms with Gasteiger partial charge in [-0.05, 0) is 41.5 Å². The Morgan fingerprint density at radius 2 is 1.94 bits per heavy atom. The summed E-state index contributed by atoms with van der Waals surface area (Å²) in [6, 6.07) is 17.5. The van der Waals surface area contributed by atoms with Crippen molar-refractivity contribution in [2.45, 2.75) is 18.9 Å². The molecule has 0 spiro atoms. The van der Waals surface area contributed by atoms with Crippen LogP contribution in [0, 0.1) is 11.3 Å². The van der Waals surface area contributed by atoms with Gasteiger partial charge in [-0.2, -0.15) is 15.0 Å². The highest BCUT2D eigenvalue weighted by Crippen LogP contribution is 2.31. The van der Waals surface area contributed by atoms with Crippen molar-refractivity contribution in [1.29, 1.82) is 5.26 Å². The molecule has 8 heteroatoms. The van der Waals surface area contributed by atoms with Gasteiger partial charge in [-0.15, -0.1) is 0 Å². The van der Waals surface area contributed by atoms with E-state index < -0.39 is 0 Å². The Morgan fingerprint density at radius 3 is 2.73 bits per heavy atom. The van der Waals surface area contributed by atoms with E-state index in [1.54, 1.807) is 23.3 Å². The molecule has 3 aromatic heterocycles. The van der Waals surface area contributed by atoms with Gasteiger partial charge in [0, 0.05) is 38.2 Å². The van der Waals surface area contributed by atoms with E-state index in [1.165, 1.54) is 0 Å². The first-order chi connectivity index (χ1) is 16.2. The highest BCUT2D eigenvalue weighted by atomic mass is 16.5. The molecular weight excluding hydrogens is 418 g/mol. The third-order valence-electron chi connectivity index (χ3n) is 5.67. The molecule has 1 aromatic carbocycles. The maximum absolute atomic E-state index is 9.71. The lowest BCUT2D eigenvalue weighted by Gasteiger charge is -2.24. The van der Waals surface area contributed by atoms with Crippen molar-refractivity contribution < 1.29 is 13.9 Å². The van der Waals surface area contributed by atoms with E-state index in [-0.39, 0.29) is 6.10 Å². The van der Waals surface area contributed by atoms with Gasteiger partial charge in [0.05, 0.1) is 31.2 Å². The van der Waals surface area contributed by atoms with Gasteiger partial charge in [0.2, 0.25) is 5.88 Å². The monoisotopic (exact) mass is 441 g/mol. The number of benzene rings is 1. The van der Waals surface area contributed by atoms with Gasteiger partial charge in [0.25, 0.3) is 0 Å². The fourth-order valence-electron chi connectivity index (χ4n) is 3.88. The van der Waals surface area contributed by atoms with Crippen LogP contribution in [-0.2, 0) is 4.74 Å². The number of ether oxygens (including phenoxy) is 2. The molecule has 0 aliphatic carbocycles. The van der Waals surface area contributed by atoms with Crippen molar-refractivity contribution in [3.05, 3.63) is 72.8 Å². The van der Waals surface area contributed by atoms with E-state index in [4.69, 9.17) is 13.9 Å². The maximum Gasteiger partial charge on any atom is 0.221 e. The summed E-state index contributed by atoms with van der Waals surface area (Å²) in [4.78, 5) is 6.47. The lowest BCUT2D eigenvalue weighted by atomic mass is 10.0. The summed E-state index contributed by atoms with van der Waals surface area (Å²) in [5, 5.41) is 14.1. The predicted octanol–water partition coefficient (Wildman–Crippen LogP) is 4.72. The topological polar surface area (TPSA) is 89.3 Å². The van der Waals surface area contributed by atoms with E-state index in [0.717, 1.165) is 35.6 Å². The van der Waals surface area contributed by atoms with Gasteiger partial charge in [-0.1, -0.05) is 6.07 Å². The van der Waals surface area contributed by atoms with E-state index in [2.05, 4.69) is 16.2 Å². The lowest BCUT2D eigenvalue weighted by molar-refractivity contribution is 0.0254. The van der Waals surface area contributed by atoms with E-state index in [9.17, 15) is 5.26 Å². The molecule has 0 bridgehead atoms. The van der Waals surface area contributed by atoms with Crippen molar-refractivity contribution in [3.63, 3.8) is 0 Å². The minimum absolute atomic E-state index is 0.0805. The summed E-state index contributed by atoms with van der Waals surface area (Å²) in [6.45, 7) is 1.38. The minimum Gasteiger partial charge on any atom is -0.489 e. The second kappa shape index (κ2) is 9.18. The van der Waals surface area contributed by atoms with Crippen LogP contribution in [0.15, 0.2) is 71.6 Å². The molecule has 1 saturated heterocycles. The molecule has 166 valence electrons. The summed E-state index contributed by atoms with van der Waals surface area (Å²) < 4.78 is 18.7. The van der Waals surface area contributed by atoms with Crippen molar-refractivity contribution in [1.82, 2.24) is 14.8 Å². The molecule has 8 nitrogen and oxygen atoms in total. The van der Waals surface area contributed by atoms with Crippen LogP contribution in [-0.4, -0.2) is 41.1 Å². The highest BCUT2D eigenvalue weighted by Gasteiger charge is 2.18. The number of aromatic nitrogens is 3. The van der Waals surface area contributed by atoms with Crippen molar-refractivity contribution in [2.24, 2.45) is 0 Å². The first-order valence-corrected chi connectivity index (χ1v) is 10.8.